The molecule has 3 rings (SSSR count). The van der Waals surface area contributed by atoms with E-state index in [-0.39, 0.29) is 0 Å². The van der Waals surface area contributed by atoms with Crippen molar-refractivity contribution in [2.24, 2.45) is 0 Å². The van der Waals surface area contributed by atoms with Crippen molar-refractivity contribution in [2.45, 2.75) is 9.79 Å². The number of carbonyl (C=O) groups is 1. The van der Waals surface area contributed by atoms with Crippen LogP contribution in [0.4, 0.5) is 0 Å². The van der Waals surface area contributed by atoms with Gasteiger partial charge in [-0.1, -0.05) is 72.4 Å². The minimum atomic E-state index is -0.907. The van der Waals surface area contributed by atoms with E-state index in [4.69, 9.17) is 5.11 Å². The highest BCUT2D eigenvalue weighted by molar-refractivity contribution is 7.99. The first-order chi connectivity index (χ1) is 11.7. The first-order valence-electron chi connectivity index (χ1n) is 7.56. The largest absolute Gasteiger partial charge is 0.478 e. The molecule has 3 heteroatoms. The van der Waals surface area contributed by atoms with Crippen molar-refractivity contribution >= 4 is 29.9 Å². The maximum Gasteiger partial charge on any atom is 0.335 e. The van der Waals surface area contributed by atoms with Gasteiger partial charge in [0.1, 0.15) is 0 Å². The number of aromatic carboxylic acids is 1. The molecule has 0 aliphatic heterocycles. The van der Waals surface area contributed by atoms with Crippen LogP contribution in [0.1, 0.15) is 21.5 Å². The molecule has 0 aliphatic carbocycles. The van der Waals surface area contributed by atoms with Crippen LogP contribution in [0.3, 0.4) is 0 Å². The summed E-state index contributed by atoms with van der Waals surface area (Å²) < 4.78 is 0. The first kappa shape index (κ1) is 16.1. The number of rotatable bonds is 5. The van der Waals surface area contributed by atoms with Gasteiger partial charge in [-0.3, -0.25) is 0 Å². The summed E-state index contributed by atoms with van der Waals surface area (Å²) in [6, 6.07) is 25.3. The van der Waals surface area contributed by atoms with Crippen LogP contribution in [0.5, 0.6) is 0 Å². The molecular weight excluding hydrogens is 316 g/mol. The number of benzene rings is 3. The summed E-state index contributed by atoms with van der Waals surface area (Å²) in [6.45, 7) is 0. The second-order valence-corrected chi connectivity index (χ2v) is 6.33. The molecule has 0 aliphatic rings. The van der Waals surface area contributed by atoms with Crippen LogP contribution in [0.25, 0.3) is 12.2 Å². The van der Waals surface area contributed by atoms with Crippen LogP contribution in [0.2, 0.25) is 0 Å². The quantitative estimate of drug-likeness (QED) is 0.608. The molecule has 0 unspecified atom stereocenters. The lowest BCUT2D eigenvalue weighted by molar-refractivity contribution is 0.0697. The molecule has 0 aromatic heterocycles. The van der Waals surface area contributed by atoms with E-state index in [1.807, 2.05) is 48.5 Å². The molecule has 3 aromatic carbocycles. The smallest absolute Gasteiger partial charge is 0.335 e. The molecule has 0 radical (unpaired) electrons. The van der Waals surface area contributed by atoms with Gasteiger partial charge in [0.2, 0.25) is 0 Å². The van der Waals surface area contributed by atoms with Gasteiger partial charge in [-0.05, 0) is 41.5 Å². The minimum Gasteiger partial charge on any atom is -0.478 e. The number of carboxylic acid groups (broad SMARTS) is 1. The number of hydrogen-bond acceptors (Lipinski definition) is 2. The molecular formula is C21H16O2S. The van der Waals surface area contributed by atoms with E-state index < -0.39 is 5.97 Å². The van der Waals surface area contributed by atoms with Crippen molar-refractivity contribution in [3.8, 4) is 0 Å². The van der Waals surface area contributed by atoms with Gasteiger partial charge in [-0.2, -0.15) is 0 Å². The van der Waals surface area contributed by atoms with E-state index in [1.165, 1.54) is 9.79 Å². The molecule has 118 valence electrons. The normalized spacial score (nSPS) is 10.8. The van der Waals surface area contributed by atoms with Crippen LogP contribution in [-0.2, 0) is 0 Å². The average Bonchev–Trinajstić information content (AvgIpc) is 2.62. The van der Waals surface area contributed by atoms with Crippen molar-refractivity contribution in [3.05, 3.63) is 95.6 Å². The van der Waals surface area contributed by atoms with E-state index in [2.05, 4.69) is 30.3 Å². The third kappa shape index (κ3) is 4.15. The van der Waals surface area contributed by atoms with Gasteiger partial charge in [-0.15, -0.1) is 0 Å². The monoisotopic (exact) mass is 332 g/mol. The third-order valence-electron chi connectivity index (χ3n) is 3.50. The Morgan fingerprint density at radius 2 is 1.46 bits per heavy atom. The van der Waals surface area contributed by atoms with Crippen molar-refractivity contribution in [3.63, 3.8) is 0 Å². The Hall–Kier alpha value is -2.78. The van der Waals surface area contributed by atoms with Gasteiger partial charge < -0.3 is 5.11 Å². The Bertz CT molecular complexity index is 853. The fourth-order valence-corrected chi connectivity index (χ4v) is 3.20. The summed E-state index contributed by atoms with van der Waals surface area (Å²) in [7, 11) is 0. The van der Waals surface area contributed by atoms with Crippen molar-refractivity contribution in [1.29, 1.82) is 0 Å². The van der Waals surface area contributed by atoms with Crippen LogP contribution < -0.4 is 0 Å². The SMILES string of the molecule is O=C(O)c1ccc(C=Cc2ccccc2Sc2ccccc2)cc1. The average molecular weight is 332 g/mol. The lowest BCUT2D eigenvalue weighted by Gasteiger charge is -2.05. The molecule has 0 bridgehead atoms. The van der Waals surface area contributed by atoms with Crippen LogP contribution >= 0.6 is 11.8 Å². The fraction of sp³-hybridized carbons (Fsp3) is 0. The lowest BCUT2D eigenvalue weighted by Crippen LogP contribution is -1.94. The Kier molecular flexibility index (Phi) is 5.14. The topological polar surface area (TPSA) is 37.3 Å². The van der Waals surface area contributed by atoms with Gasteiger partial charge in [0.25, 0.3) is 0 Å². The summed E-state index contributed by atoms with van der Waals surface area (Å²) in [5.41, 5.74) is 2.40. The predicted octanol–water partition coefficient (Wildman–Crippen LogP) is 5.71. The zero-order valence-corrected chi connectivity index (χ0v) is 13.7. The molecule has 0 amide bonds. The Morgan fingerprint density at radius 1 is 0.792 bits per heavy atom. The van der Waals surface area contributed by atoms with E-state index in [1.54, 1.807) is 23.9 Å². The van der Waals surface area contributed by atoms with E-state index >= 15 is 0 Å². The van der Waals surface area contributed by atoms with E-state index in [9.17, 15) is 4.79 Å². The van der Waals surface area contributed by atoms with Crippen molar-refractivity contribution < 1.29 is 9.90 Å². The van der Waals surface area contributed by atoms with Crippen molar-refractivity contribution in [2.75, 3.05) is 0 Å². The summed E-state index contributed by atoms with van der Waals surface area (Å²) in [6.07, 6.45) is 4.05. The highest BCUT2D eigenvalue weighted by Gasteiger charge is 2.02. The maximum absolute atomic E-state index is 10.9. The summed E-state index contributed by atoms with van der Waals surface area (Å²) in [4.78, 5) is 13.3. The number of hydrogen-bond donors (Lipinski definition) is 1. The second-order valence-electron chi connectivity index (χ2n) is 5.21. The number of carboxylic acids is 1. The summed E-state index contributed by atoms with van der Waals surface area (Å²) in [5.74, 6) is -0.907. The molecule has 1 N–H and O–H groups in total. The Labute approximate surface area is 145 Å². The molecule has 24 heavy (non-hydrogen) atoms. The van der Waals surface area contributed by atoms with Gasteiger partial charge in [0.15, 0.2) is 0 Å². The Balaban J connectivity index is 1.81. The first-order valence-corrected chi connectivity index (χ1v) is 8.37. The third-order valence-corrected chi connectivity index (χ3v) is 4.60. The highest BCUT2D eigenvalue weighted by Crippen LogP contribution is 2.31. The zero-order chi connectivity index (χ0) is 16.8. The van der Waals surface area contributed by atoms with Crippen LogP contribution in [0, 0.1) is 0 Å². The second kappa shape index (κ2) is 7.66. The standard InChI is InChI=1S/C21H16O2S/c22-21(23)18-14-11-16(12-15-18)10-13-17-6-4-5-9-20(17)24-19-7-2-1-3-8-19/h1-15H,(H,22,23). The van der Waals surface area contributed by atoms with Gasteiger partial charge >= 0.3 is 5.97 Å². The summed E-state index contributed by atoms with van der Waals surface area (Å²) >= 11 is 1.73. The Morgan fingerprint density at radius 3 is 2.17 bits per heavy atom. The highest BCUT2D eigenvalue weighted by atomic mass is 32.2. The maximum atomic E-state index is 10.9. The van der Waals surface area contributed by atoms with E-state index in [0.29, 0.717) is 5.56 Å². The van der Waals surface area contributed by atoms with Crippen LogP contribution in [0.15, 0.2) is 88.7 Å². The molecule has 0 atom stereocenters. The molecule has 3 aromatic rings. The summed E-state index contributed by atoms with van der Waals surface area (Å²) in [5, 5.41) is 8.94. The van der Waals surface area contributed by atoms with Gasteiger partial charge in [-0.25, -0.2) is 4.79 Å². The molecule has 2 nitrogen and oxygen atoms in total. The molecule has 0 spiro atoms. The van der Waals surface area contributed by atoms with Crippen molar-refractivity contribution in [1.82, 2.24) is 0 Å². The molecule has 0 heterocycles. The minimum absolute atomic E-state index is 0.298. The molecule has 0 saturated carbocycles. The fourth-order valence-electron chi connectivity index (χ4n) is 2.25. The molecule has 0 fully saturated rings. The molecule has 0 saturated heterocycles. The predicted molar refractivity (Wildman–Crippen MR) is 99.3 cm³/mol. The van der Waals surface area contributed by atoms with Crippen LogP contribution in [-0.4, -0.2) is 11.1 Å². The lowest BCUT2D eigenvalue weighted by atomic mass is 10.1. The van der Waals surface area contributed by atoms with Gasteiger partial charge in [0.05, 0.1) is 5.56 Å². The van der Waals surface area contributed by atoms with Gasteiger partial charge in [0, 0.05) is 9.79 Å². The zero-order valence-electron chi connectivity index (χ0n) is 12.9. The van der Waals surface area contributed by atoms with E-state index in [0.717, 1.165) is 11.1 Å².